The van der Waals surface area contributed by atoms with Crippen molar-refractivity contribution in [3.8, 4) is 0 Å². The first-order valence-electron chi connectivity index (χ1n) is 7.30. The number of benzene rings is 1. The summed E-state index contributed by atoms with van der Waals surface area (Å²) in [5.41, 5.74) is 9.21. The molecular formula is C16H24N2O. The maximum absolute atomic E-state index is 6.18. The zero-order chi connectivity index (χ0) is 13.5. The largest absolute Gasteiger partial charge is 0.375 e. The molecule has 1 aromatic carbocycles. The molecule has 2 aliphatic heterocycles. The highest BCUT2D eigenvalue weighted by Gasteiger charge is 2.43. The standard InChI is InChI=1S/C16H24N2O/c1-12-7-16(11-17,8-13(2)19-12)18-9-14-5-3-4-6-15(14)10-18/h3-6,12-13H,7-11,17H2,1-2H3. The summed E-state index contributed by atoms with van der Waals surface area (Å²) in [6.07, 6.45) is 2.69. The van der Waals surface area contributed by atoms with Crippen molar-refractivity contribution in [2.24, 2.45) is 5.73 Å². The van der Waals surface area contributed by atoms with Crippen LogP contribution in [0, 0.1) is 0 Å². The fourth-order valence-corrected chi connectivity index (χ4v) is 3.87. The first-order valence-corrected chi connectivity index (χ1v) is 7.30. The van der Waals surface area contributed by atoms with E-state index in [0.29, 0.717) is 12.2 Å². The van der Waals surface area contributed by atoms with Crippen LogP contribution in [-0.4, -0.2) is 29.2 Å². The predicted molar refractivity (Wildman–Crippen MR) is 76.7 cm³/mol. The molecule has 2 heterocycles. The van der Waals surface area contributed by atoms with Crippen LogP contribution < -0.4 is 5.73 Å². The lowest BCUT2D eigenvalue weighted by atomic mass is 9.82. The molecule has 0 saturated carbocycles. The summed E-state index contributed by atoms with van der Waals surface area (Å²) in [5, 5.41) is 0. The van der Waals surface area contributed by atoms with E-state index in [0.717, 1.165) is 32.5 Å². The summed E-state index contributed by atoms with van der Waals surface area (Å²) >= 11 is 0. The van der Waals surface area contributed by atoms with Gasteiger partial charge in [-0.3, -0.25) is 4.90 Å². The molecule has 0 spiro atoms. The van der Waals surface area contributed by atoms with Gasteiger partial charge in [0.1, 0.15) is 0 Å². The number of ether oxygens (including phenoxy) is 1. The summed E-state index contributed by atoms with van der Waals surface area (Å²) in [4.78, 5) is 2.58. The molecule has 0 radical (unpaired) electrons. The average molecular weight is 260 g/mol. The van der Waals surface area contributed by atoms with Crippen molar-refractivity contribution < 1.29 is 4.74 Å². The summed E-state index contributed by atoms with van der Waals surface area (Å²) in [6, 6.07) is 8.75. The highest BCUT2D eigenvalue weighted by Crippen LogP contribution is 2.38. The number of nitrogens with zero attached hydrogens (tertiary/aromatic N) is 1. The molecule has 2 aliphatic rings. The number of rotatable bonds is 2. The van der Waals surface area contributed by atoms with Gasteiger partial charge in [-0.2, -0.15) is 0 Å². The van der Waals surface area contributed by atoms with Crippen LogP contribution in [0.1, 0.15) is 37.8 Å². The number of nitrogens with two attached hydrogens (primary N) is 1. The molecule has 3 rings (SSSR count). The first-order chi connectivity index (χ1) is 9.13. The molecule has 1 aromatic rings. The Labute approximate surface area is 115 Å². The molecule has 0 aliphatic carbocycles. The van der Waals surface area contributed by atoms with Crippen LogP contribution in [0.15, 0.2) is 24.3 Å². The van der Waals surface area contributed by atoms with Crippen LogP contribution in [0.5, 0.6) is 0 Å². The Hall–Kier alpha value is -0.900. The summed E-state index contributed by atoms with van der Waals surface area (Å²) < 4.78 is 5.90. The zero-order valence-corrected chi connectivity index (χ0v) is 11.9. The molecule has 0 bridgehead atoms. The maximum atomic E-state index is 6.18. The topological polar surface area (TPSA) is 38.5 Å². The van der Waals surface area contributed by atoms with Gasteiger partial charge in [-0.15, -0.1) is 0 Å². The van der Waals surface area contributed by atoms with E-state index in [1.165, 1.54) is 11.1 Å². The fourth-order valence-electron chi connectivity index (χ4n) is 3.87. The van der Waals surface area contributed by atoms with Crippen LogP contribution in [0.25, 0.3) is 0 Å². The van der Waals surface area contributed by atoms with Crippen molar-refractivity contribution in [1.82, 2.24) is 4.90 Å². The van der Waals surface area contributed by atoms with Crippen LogP contribution in [0.3, 0.4) is 0 Å². The smallest absolute Gasteiger partial charge is 0.0568 e. The lowest BCUT2D eigenvalue weighted by Gasteiger charge is -2.48. The summed E-state index contributed by atoms with van der Waals surface area (Å²) in [6.45, 7) is 7.13. The van der Waals surface area contributed by atoms with Gasteiger partial charge in [0.05, 0.1) is 12.2 Å². The Balaban J connectivity index is 1.84. The van der Waals surface area contributed by atoms with E-state index in [2.05, 4.69) is 43.0 Å². The minimum absolute atomic E-state index is 0.107. The lowest BCUT2D eigenvalue weighted by Crippen LogP contribution is -2.58. The molecule has 3 nitrogen and oxygen atoms in total. The van der Waals surface area contributed by atoms with E-state index in [1.807, 2.05) is 0 Å². The van der Waals surface area contributed by atoms with Gasteiger partial charge >= 0.3 is 0 Å². The molecule has 19 heavy (non-hydrogen) atoms. The molecule has 2 N–H and O–H groups in total. The van der Waals surface area contributed by atoms with E-state index in [1.54, 1.807) is 0 Å². The van der Waals surface area contributed by atoms with E-state index in [-0.39, 0.29) is 5.54 Å². The Bertz CT molecular complexity index is 425. The average Bonchev–Trinajstić information content (AvgIpc) is 2.81. The zero-order valence-electron chi connectivity index (χ0n) is 11.9. The second-order valence-corrected chi connectivity index (χ2v) is 6.22. The van der Waals surface area contributed by atoms with Gasteiger partial charge in [0.25, 0.3) is 0 Å². The molecule has 2 unspecified atom stereocenters. The molecule has 0 amide bonds. The molecule has 3 heteroatoms. The van der Waals surface area contributed by atoms with Crippen molar-refractivity contribution in [2.45, 2.75) is 57.5 Å². The molecule has 1 fully saturated rings. The van der Waals surface area contributed by atoms with Crippen molar-refractivity contribution in [1.29, 1.82) is 0 Å². The van der Waals surface area contributed by atoms with Crippen LogP contribution >= 0.6 is 0 Å². The Morgan fingerprint density at radius 2 is 1.68 bits per heavy atom. The minimum Gasteiger partial charge on any atom is -0.375 e. The highest BCUT2D eigenvalue weighted by atomic mass is 16.5. The second-order valence-electron chi connectivity index (χ2n) is 6.22. The third-order valence-corrected chi connectivity index (χ3v) is 4.69. The van der Waals surface area contributed by atoms with Gasteiger partial charge in [-0.25, -0.2) is 0 Å². The highest BCUT2D eigenvalue weighted by molar-refractivity contribution is 5.31. The van der Waals surface area contributed by atoms with E-state index in [4.69, 9.17) is 10.5 Å². The van der Waals surface area contributed by atoms with E-state index in [9.17, 15) is 0 Å². The minimum atomic E-state index is 0.107. The summed E-state index contributed by atoms with van der Waals surface area (Å²) in [7, 11) is 0. The number of hydrogen-bond donors (Lipinski definition) is 1. The van der Waals surface area contributed by atoms with Gasteiger partial charge in [-0.1, -0.05) is 24.3 Å². The van der Waals surface area contributed by atoms with E-state index >= 15 is 0 Å². The van der Waals surface area contributed by atoms with Gasteiger partial charge in [0.2, 0.25) is 0 Å². The predicted octanol–water partition coefficient (Wildman–Crippen LogP) is 2.29. The van der Waals surface area contributed by atoms with Crippen molar-refractivity contribution >= 4 is 0 Å². The third kappa shape index (κ3) is 2.31. The van der Waals surface area contributed by atoms with Crippen LogP contribution in [0.2, 0.25) is 0 Å². The maximum Gasteiger partial charge on any atom is 0.0568 e. The van der Waals surface area contributed by atoms with Gasteiger partial charge < -0.3 is 10.5 Å². The SMILES string of the molecule is CC1CC(CN)(N2Cc3ccccc3C2)CC(C)O1. The first kappa shape index (κ1) is 13.1. The third-order valence-electron chi connectivity index (χ3n) is 4.69. The second kappa shape index (κ2) is 4.89. The van der Waals surface area contributed by atoms with Crippen molar-refractivity contribution in [2.75, 3.05) is 6.54 Å². The van der Waals surface area contributed by atoms with Crippen molar-refractivity contribution in [3.05, 3.63) is 35.4 Å². The van der Waals surface area contributed by atoms with Gasteiger partial charge in [0, 0.05) is 25.2 Å². The summed E-state index contributed by atoms with van der Waals surface area (Å²) in [5.74, 6) is 0. The quantitative estimate of drug-likeness (QED) is 0.886. The van der Waals surface area contributed by atoms with E-state index < -0.39 is 0 Å². The molecular weight excluding hydrogens is 236 g/mol. The normalized spacial score (nSPS) is 35.3. The number of fused-ring (bicyclic) bond motifs is 1. The molecule has 0 aromatic heterocycles. The van der Waals surface area contributed by atoms with Gasteiger partial charge in [-0.05, 0) is 37.8 Å². The Morgan fingerprint density at radius 3 is 2.16 bits per heavy atom. The fraction of sp³-hybridized carbons (Fsp3) is 0.625. The number of hydrogen-bond acceptors (Lipinski definition) is 3. The molecule has 104 valence electrons. The molecule has 2 atom stereocenters. The van der Waals surface area contributed by atoms with Gasteiger partial charge in [0.15, 0.2) is 0 Å². The molecule has 1 saturated heterocycles. The monoisotopic (exact) mass is 260 g/mol. The Morgan fingerprint density at radius 1 is 1.16 bits per heavy atom. The van der Waals surface area contributed by atoms with Crippen LogP contribution in [0.4, 0.5) is 0 Å². The van der Waals surface area contributed by atoms with Crippen molar-refractivity contribution in [3.63, 3.8) is 0 Å². The Kier molecular flexibility index (Phi) is 3.37. The lowest BCUT2D eigenvalue weighted by molar-refractivity contribution is -0.105. The van der Waals surface area contributed by atoms with Crippen LogP contribution in [-0.2, 0) is 17.8 Å².